The van der Waals surface area contributed by atoms with Crippen LogP contribution in [0.25, 0.3) is 0 Å². The zero-order valence-corrected chi connectivity index (χ0v) is 11.3. The van der Waals surface area contributed by atoms with Crippen molar-refractivity contribution in [2.45, 2.75) is 32.8 Å². The van der Waals surface area contributed by atoms with Gasteiger partial charge in [-0.3, -0.25) is 0 Å². The summed E-state index contributed by atoms with van der Waals surface area (Å²) in [4.78, 5) is 4.69. The molecule has 1 aliphatic heterocycles. The molecule has 3 heteroatoms. The van der Waals surface area contributed by atoms with E-state index in [9.17, 15) is 5.11 Å². The topological polar surface area (TPSA) is 26.7 Å². The van der Waals surface area contributed by atoms with E-state index < -0.39 is 0 Å². The van der Waals surface area contributed by atoms with Crippen LogP contribution >= 0.6 is 0 Å². The average Bonchev–Trinajstić information content (AvgIpc) is 2.20. The first kappa shape index (κ1) is 13.9. The van der Waals surface area contributed by atoms with Gasteiger partial charge >= 0.3 is 0 Å². The second-order valence-corrected chi connectivity index (χ2v) is 5.82. The fraction of sp³-hybridized carbons (Fsp3) is 1.00. The lowest BCUT2D eigenvalue weighted by atomic mass is 9.95. The quantitative estimate of drug-likeness (QED) is 0.768. The van der Waals surface area contributed by atoms with Crippen molar-refractivity contribution in [2.75, 3.05) is 40.3 Å². The molecule has 1 rings (SSSR count). The highest BCUT2D eigenvalue weighted by molar-refractivity contribution is 4.76. The van der Waals surface area contributed by atoms with Gasteiger partial charge in [-0.25, -0.2) is 0 Å². The summed E-state index contributed by atoms with van der Waals surface area (Å²) in [6.07, 6.45) is 2.40. The van der Waals surface area contributed by atoms with Crippen LogP contribution in [0.2, 0.25) is 0 Å². The third-order valence-corrected chi connectivity index (χ3v) is 3.55. The smallest absolute Gasteiger partial charge is 0.0689 e. The third kappa shape index (κ3) is 4.81. The second kappa shape index (κ2) is 6.58. The van der Waals surface area contributed by atoms with Crippen LogP contribution in [0, 0.1) is 11.8 Å². The zero-order chi connectivity index (χ0) is 12.1. The van der Waals surface area contributed by atoms with Crippen LogP contribution in [-0.2, 0) is 0 Å². The number of piperidine rings is 1. The van der Waals surface area contributed by atoms with Gasteiger partial charge < -0.3 is 14.9 Å². The molecule has 1 N–H and O–H groups in total. The summed E-state index contributed by atoms with van der Waals surface area (Å²) < 4.78 is 0. The molecule has 3 nitrogen and oxygen atoms in total. The van der Waals surface area contributed by atoms with E-state index in [1.165, 1.54) is 19.4 Å². The molecule has 0 bridgehead atoms. The molecule has 16 heavy (non-hydrogen) atoms. The van der Waals surface area contributed by atoms with Crippen molar-refractivity contribution in [1.29, 1.82) is 0 Å². The molecule has 1 heterocycles. The Morgan fingerprint density at radius 1 is 1.25 bits per heavy atom. The zero-order valence-electron chi connectivity index (χ0n) is 11.3. The Balaban J connectivity index is 2.21. The number of hydrogen-bond donors (Lipinski definition) is 1. The highest BCUT2D eigenvalue weighted by Crippen LogP contribution is 2.18. The molecule has 0 spiro atoms. The number of β-amino-alcohol motifs (C(OH)–C–C–N with tert-alkyl or cyclic N) is 1. The Morgan fingerprint density at radius 2 is 1.81 bits per heavy atom. The molecule has 96 valence electrons. The standard InChI is InChI=1S/C13H28N2O/c1-11(2)13(16)10-15-7-5-12(6-8-15)9-14(3)4/h11-13,16H,5-10H2,1-4H3. The van der Waals surface area contributed by atoms with E-state index in [1.807, 2.05) is 0 Å². The van der Waals surface area contributed by atoms with E-state index >= 15 is 0 Å². The molecule has 1 saturated heterocycles. The van der Waals surface area contributed by atoms with Crippen LogP contribution in [-0.4, -0.2) is 61.3 Å². The predicted octanol–water partition coefficient (Wildman–Crippen LogP) is 1.28. The lowest BCUT2D eigenvalue weighted by molar-refractivity contribution is 0.0578. The molecular formula is C13H28N2O. The van der Waals surface area contributed by atoms with Gasteiger partial charge in [-0.1, -0.05) is 13.8 Å². The summed E-state index contributed by atoms with van der Waals surface area (Å²) in [6, 6.07) is 0. The van der Waals surface area contributed by atoms with Crippen LogP contribution in [0.3, 0.4) is 0 Å². The second-order valence-electron chi connectivity index (χ2n) is 5.82. The number of aliphatic hydroxyl groups is 1. The van der Waals surface area contributed by atoms with Gasteiger partial charge in [0.25, 0.3) is 0 Å². The molecule has 1 unspecified atom stereocenters. The lowest BCUT2D eigenvalue weighted by Crippen LogP contribution is -2.42. The molecule has 0 amide bonds. The first-order chi connectivity index (χ1) is 7.49. The maximum Gasteiger partial charge on any atom is 0.0689 e. The van der Waals surface area contributed by atoms with Gasteiger partial charge in [-0.2, -0.15) is 0 Å². The number of aliphatic hydroxyl groups excluding tert-OH is 1. The van der Waals surface area contributed by atoms with Crippen molar-refractivity contribution >= 4 is 0 Å². The Bertz CT molecular complexity index is 186. The minimum atomic E-state index is -0.162. The highest BCUT2D eigenvalue weighted by atomic mass is 16.3. The van der Waals surface area contributed by atoms with Crippen LogP contribution < -0.4 is 0 Å². The first-order valence-electron chi connectivity index (χ1n) is 6.54. The minimum Gasteiger partial charge on any atom is -0.392 e. The van der Waals surface area contributed by atoms with E-state index in [1.54, 1.807) is 0 Å². The highest BCUT2D eigenvalue weighted by Gasteiger charge is 2.22. The number of hydrogen-bond acceptors (Lipinski definition) is 3. The Kier molecular flexibility index (Phi) is 5.73. The molecule has 0 aromatic heterocycles. The summed E-state index contributed by atoms with van der Waals surface area (Å²) >= 11 is 0. The van der Waals surface area contributed by atoms with Gasteiger partial charge in [0, 0.05) is 13.1 Å². The van der Waals surface area contributed by atoms with Gasteiger partial charge in [0.15, 0.2) is 0 Å². The molecule has 0 aliphatic carbocycles. The van der Waals surface area contributed by atoms with Crippen molar-refractivity contribution in [2.24, 2.45) is 11.8 Å². The number of likely N-dealkylation sites (tertiary alicyclic amines) is 1. The van der Waals surface area contributed by atoms with E-state index in [0.717, 1.165) is 25.6 Å². The molecule has 0 saturated carbocycles. The van der Waals surface area contributed by atoms with Gasteiger partial charge in [0.05, 0.1) is 6.10 Å². The van der Waals surface area contributed by atoms with Crippen molar-refractivity contribution < 1.29 is 5.11 Å². The van der Waals surface area contributed by atoms with Crippen LogP contribution in [0.4, 0.5) is 0 Å². The third-order valence-electron chi connectivity index (χ3n) is 3.55. The maximum absolute atomic E-state index is 9.84. The molecule has 1 atom stereocenters. The normalized spacial score (nSPS) is 21.9. The fourth-order valence-electron chi connectivity index (χ4n) is 2.34. The maximum atomic E-state index is 9.84. The van der Waals surface area contributed by atoms with Gasteiger partial charge in [-0.05, 0) is 51.9 Å². The van der Waals surface area contributed by atoms with E-state index in [4.69, 9.17) is 0 Å². The molecular weight excluding hydrogens is 200 g/mol. The predicted molar refractivity (Wildman–Crippen MR) is 68.6 cm³/mol. The molecule has 1 fully saturated rings. The van der Waals surface area contributed by atoms with E-state index in [2.05, 4.69) is 37.7 Å². The van der Waals surface area contributed by atoms with Crippen molar-refractivity contribution in [3.8, 4) is 0 Å². The summed E-state index contributed by atoms with van der Waals surface area (Å²) in [5, 5.41) is 9.84. The van der Waals surface area contributed by atoms with E-state index in [0.29, 0.717) is 5.92 Å². The van der Waals surface area contributed by atoms with Crippen LogP contribution in [0.15, 0.2) is 0 Å². The molecule has 0 radical (unpaired) electrons. The molecule has 0 aromatic carbocycles. The fourth-order valence-corrected chi connectivity index (χ4v) is 2.34. The molecule has 0 aromatic rings. The summed E-state index contributed by atoms with van der Waals surface area (Å²) in [6.45, 7) is 8.55. The van der Waals surface area contributed by atoms with Crippen molar-refractivity contribution in [3.63, 3.8) is 0 Å². The van der Waals surface area contributed by atoms with Crippen LogP contribution in [0.5, 0.6) is 0 Å². The monoisotopic (exact) mass is 228 g/mol. The Morgan fingerprint density at radius 3 is 2.25 bits per heavy atom. The SMILES string of the molecule is CC(C)C(O)CN1CCC(CN(C)C)CC1. The van der Waals surface area contributed by atoms with Crippen molar-refractivity contribution in [3.05, 3.63) is 0 Å². The largest absolute Gasteiger partial charge is 0.392 e. The number of rotatable bonds is 5. The van der Waals surface area contributed by atoms with Crippen LogP contribution in [0.1, 0.15) is 26.7 Å². The average molecular weight is 228 g/mol. The minimum absolute atomic E-state index is 0.162. The first-order valence-corrected chi connectivity index (χ1v) is 6.54. The summed E-state index contributed by atoms with van der Waals surface area (Å²) in [7, 11) is 4.30. The summed E-state index contributed by atoms with van der Waals surface area (Å²) in [5.74, 6) is 1.22. The summed E-state index contributed by atoms with van der Waals surface area (Å²) in [5.41, 5.74) is 0. The van der Waals surface area contributed by atoms with Crippen molar-refractivity contribution in [1.82, 2.24) is 9.80 Å². The Labute approximate surface area is 100 Å². The number of nitrogens with zero attached hydrogens (tertiary/aromatic N) is 2. The van der Waals surface area contributed by atoms with Gasteiger partial charge in [-0.15, -0.1) is 0 Å². The van der Waals surface area contributed by atoms with Gasteiger partial charge in [0.1, 0.15) is 0 Å². The van der Waals surface area contributed by atoms with E-state index in [-0.39, 0.29) is 6.10 Å². The van der Waals surface area contributed by atoms with Gasteiger partial charge in [0.2, 0.25) is 0 Å². The lowest BCUT2D eigenvalue weighted by Gasteiger charge is -2.34. The molecule has 1 aliphatic rings. The Hall–Kier alpha value is -0.120.